The number of hydrogen-bond donors (Lipinski definition) is 2. The number of fused-ring (bicyclic) bond motifs is 1. The van der Waals surface area contributed by atoms with Gasteiger partial charge in [-0.05, 0) is 30.9 Å². The molecule has 16 heavy (non-hydrogen) atoms. The van der Waals surface area contributed by atoms with Crippen LogP contribution in [-0.2, 0) is 0 Å². The third-order valence-corrected chi connectivity index (χ3v) is 3.71. The van der Waals surface area contributed by atoms with Crippen molar-refractivity contribution in [1.82, 2.24) is 9.97 Å². The van der Waals surface area contributed by atoms with E-state index in [1.54, 1.807) is 12.1 Å². The van der Waals surface area contributed by atoms with Gasteiger partial charge in [0.15, 0.2) is 0 Å². The molecule has 1 unspecified atom stereocenters. The molecule has 5 heteroatoms. The van der Waals surface area contributed by atoms with Gasteiger partial charge in [-0.25, -0.2) is 4.98 Å². The third kappa shape index (κ3) is 1.69. The molecular weight excluding hydrogens is 245 g/mol. The van der Waals surface area contributed by atoms with Gasteiger partial charge in [0.1, 0.15) is 5.82 Å². The van der Waals surface area contributed by atoms with Crippen LogP contribution in [0.1, 0.15) is 24.7 Å². The van der Waals surface area contributed by atoms with Gasteiger partial charge in [0.05, 0.1) is 27.1 Å². The fourth-order valence-electron chi connectivity index (χ4n) is 1.86. The monoisotopic (exact) mass is 255 g/mol. The van der Waals surface area contributed by atoms with Crippen molar-refractivity contribution in [2.75, 3.05) is 0 Å². The van der Waals surface area contributed by atoms with Gasteiger partial charge >= 0.3 is 0 Å². The fraction of sp³-hybridized carbons (Fsp3) is 0.364. The Morgan fingerprint density at radius 3 is 2.69 bits per heavy atom. The van der Waals surface area contributed by atoms with Gasteiger partial charge in [0.2, 0.25) is 0 Å². The number of aromatic nitrogens is 2. The number of nitrogens with one attached hydrogen (secondary N) is 1. The lowest BCUT2D eigenvalue weighted by molar-refractivity contribution is 0.602. The van der Waals surface area contributed by atoms with E-state index in [1.807, 2.05) is 0 Å². The average Bonchev–Trinajstić information content (AvgIpc) is 3.01. The van der Waals surface area contributed by atoms with E-state index in [0.29, 0.717) is 16.0 Å². The number of benzene rings is 1. The predicted octanol–water partition coefficient (Wildman–Crippen LogP) is 3.28. The maximum atomic E-state index is 6.08. The lowest BCUT2D eigenvalue weighted by Gasteiger charge is -2.04. The first kappa shape index (κ1) is 10.4. The summed E-state index contributed by atoms with van der Waals surface area (Å²) < 4.78 is 0. The smallest absolute Gasteiger partial charge is 0.124 e. The third-order valence-electron chi connectivity index (χ3n) is 2.99. The maximum absolute atomic E-state index is 6.08. The molecule has 1 saturated carbocycles. The molecule has 1 aliphatic carbocycles. The highest BCUT2D eigenvalue weighted by atomic mass is 35.5. The zero-order chi connectivity index (χ0) is 11.3. The fourth-order valence-corrected chi connectivity index (χ4v) is 2.18. The summed E-state index contributed by atoms with van der Waals surface area (Å²) in [4.78, 5) is 7.66. The average molecular weight is 256 g/mol. The van der Waals surface area contributed by atoms with Crippen LogP contribution < -0.4 is 5.73 Å². The van der Waals surface area contributed by atoms with Gasteiger partial charge in [-0.3, -0.25) is 0 Å². The van der Waals surface area contributed by atoms with Crippen molar-refractivity contribution in [3.8, 4) is 0 Å². The van der Waals surface area contributed by atoms with Crippen molar-refractivity contribution < 1.29 is 0 Å². The normalized spacial score (nSPS) is 17.9. The van der Waals surface area contributed by atoms with E-state index in [1.165, 1.54) is 12.8 Å². The van der Waals surface area contributed by atoms with Crippen LogP contribution >= 0.6 is 23.2 Å². The van der Waals surface area contributed by atoms with E-state index in [9.17, 15) is 0 Å². The van der Waals surface area contributed by atoms with Gasteiger partial charge in [0.25, 0.3) is 0 Å². The summed E-state index contributed by atoms with van der Waals surface area (Å²) in [6.07, 6.45) is 2.39. The van der Waals surface area contributed by atoms with Crippen molar-refractivity contribution >= 4 is 34.2 Å². The molecular formula is C11H11Cl2N3. The highest BCUT2D eigenvalue weighted by molar-refractivity contribution is 6.42. The summed E-state index contributed by atoms with van der Waals surface area (Å²) in [5.74, 6) is 1.40. The molecule has 1 fully saturated rings. The zero-order valence-electron chi connectivity index (χ0n) is 8.50. The summed E-state index contributed by atoms with van der Waals surface area (Å²) in [5.41, 5.74) is 7.79. The molecule has 1 heterocycles. The number of imidazole rings is 1. The summed E-state index contributed by atoms with van der Waals surface area (Å²) >= 11 is 11.9. The Morgan fingerprint density at radius 2 is 2.00 bits per heavy atom. The molecule has 1 aromatic carbocycles. The molecule has 0 aliphatic heterocycles. The van der Waals surface area contributed by atoms with E-state index >= 15 is 0 Å². The van der Waals surface area contributed by atoms with Crippen LogP contribution in [0.5, 0.6) is 0 Å². The molecule has 1 atom stereocenters. The maximum Gasteiger partial charge on any atom is 0.124 e. The second-order valence-electron chi connectivity index (χ2n) is 4.27. The molecule has 0 bridgehead atoms. The number of rotatable bonds is 2. The van der Waals surface area contributed by atoms with E-state index in [0.717, 1.165) is 16.9 Å². The van der Waals surface area contributed by atoms with Crippen LogP contribution in [0.25, 0.3) is 11.0 Å². The quantitative estimate of drug-likeness (QED) is 0.866. The number of nitrogens with two attached hydrogens (primary N) is 1. The van der Waals surface area contributed by atoms with Crippen LogP contribution in [-0.4, -0.2) is 9.97 Å². The highest BCUT2D eigenvalue weighted by Gasteiger charge is 2.31. The predicted molar refractivity (Wildman–Crippen MR) is 65.8 cm³/mol. The van der Waals surface area contributed by atoms with Gasteiger partial charge < -0.3 is 10.7 Å². The number of halogens is 2. The van der Waals surface area contributed by atoms with Gasteiger partial charge in [0, 0.05) is 0 Å². The topological polar surface area (TPSA) is 54.7 Å². The Labute approximate surface area is 103 Å². The molecule has 0 saturated heterocycles. The first-order valence-corrected chi connectivity index (χ1v) is 6.01. The largest absolute Gasteiger partial charge is 0.341 e. The van der Waals surface area contributed by atoms with Crippen molar-refractivity contribution in [3.05, 3.63) is 28.0 Å². The van der Waals surface area contributed by atoms with Gasteiger partial charge in [-0.15, -0.1) is 0 Å². The number of H-pyrrole nitrogens is 1. The Bertz CT molecular complexity index is 506. The van der Waals surface area contributed by atoms with Crippen LogP contribution in [0.4, 0.5) is 0 Å². The van der Waals surface area contributed by atoms with Crippen molar-refractivity contribution in [1.29, 1.82) is 0 Å². The van der Waals surface area contributed by atoms with Crippen LogP contribution in [0.2, 0.25) is 10.0 Å². The minimum absolute atomic E-state index is 0.00458. The van der Waals surface area contributed by atoms with Crippen LogP contribution in [0.15, 0.2) is 12.1 Å². The molecule has 1 aromatic heterocycles. The number of nitrogens with zero attached hydrogens (tertiary/aromatic N) is 1. The molecule has 84 valence electrons. The molecule has 0 radical (unpaired) electrons. The molecule has 3 nitrogen and oxygen atoms in total. The first-order chi connectivity index (χ1) is 7.65. The molecule has 2 aromatic rings. The highest BCUT2D eigenvalue weighted by Crippen LogP contribution is 2.39. The lowest BCUT2D eigenvalue weighted by atomic mass is 10.2. The Balaban J connectivity index is 2.07. The zero-order valence-corrected chi connectivity index (χ0v) is 10.0. The van der Waals surface area contributed by atoms with E-state index in [2.05, 4.69) is 9.97 Å². The summed E-state index contributed by atoms with van der Waals surface area (Å²) in [6, 6.07) is 3.55. The number of aromatic amines is 1. The summed E-state index contributed by atoms with van der Waals surface area (Å²) in [6.45, 7) is 0. The van der Waals surface area contributed by atoms with E-state index in [-0.39, 0.29) is 6.04 Å². The minimum Gasteiger partial charge on any atom is -0.341 e. The van der Waals surface area contributed by atoms with E-state index in [4.69, 9.17) is 28.9 Å². The molecule has 0 amide bonds. The molecule has 3 rings (SSSR count). The van der Waals surface area contributed by atoms with Crippen molar-refractivity contribution in [3.63, 3.8) is 0 Å². The van der Waals surface area contributed by atoms with Crippen molar-refractivity contribution in [2.45, 2.75) is 18.9 Å². The Kier molecular flexibility index (Phi) is 2.35. The van der Waals surface area contributed by atoms with Gasteiger partial charge in [-0.2, -0.15) is 0 Å². The Morgan fingerprint density at radius 1 is 1.31 bits per heavy atom. The molecule has 0 spiro atoms. The molecule has 3 N–H and O–H groups in total. The lowest BCUT2D eigenvalue weighted by Crippen LogP contribution is -2.13. The van der Waals surface area contributed by atoms with E-state index < -0.39 is 0 Å². The van der Waals surface area contributed by atoms with Gasteiger partial charge in [-0.1, -0.05) is 23.2 Å². The standard InChI is InChI=1S/C11H11Cl2N3/c12-6-3-8-9(4-7(6)13)16-11(15-8)10(14)5-1-2-5/h3-5,10H,1-2,14H2,(H,15,16). The second-order valence-corrected chi connectivity index (χ2v) is 5.08. The summed E-state index contributed by atoms with van der Waals surface area (Å²) in [7, 11) is 0. The van der Waals surface area contributed by atoms with Crippen LogP contribution in [0.3, 0.4) is 0 Å². The second kappa shape index (κ2) is 3.62. The number of hydrogen-bond acceptors (Lipinski definition) is 2. The molecule has 1 aliphatic rings. The Hall–Kier alpha value is -0.770. The first-order valence-electron chi connectivity index (χ1n) is 5.25. The summed E-state index contributed by atoms with van der Waals surface area (Å²) in [5, 5.41) is 1.05. The van der Waals surface area contributed by atoms with Crippen molar-refractivity contribution in [2.24, 2.45) is 11.7 Å². The van der Waals surface area contributed by atoms with Crippen LogP contribution in [0, 0.1) is 5.92 Å². The SMILES string of the molecule is NC(c1nc2cc(Cl)c(Cl)cc2[nH]1)C1CC1. The minimum atomic E-state index is 0.00458.